The van der Waals surface area contributed by atoms with Crippen LogP contribution in [-0.2, 0) is 26.5 Å². The molecule has 2 aromatic carbocycles. The SMILES string of the molecule is CCCCCCCCCCCCc1ccc(OP(=O)(Nc2ccc(CCCCCCCC)cc2)OCCP(=O)(O)O)cc1. The van der Waals surface area contributed by atoms with Crippen molar-refractivity contribution in [3.8, 4) is 5.75 Å². The maximum absolute atomic E-state index is 13.7. The molecule has 9 heteroatoms. The molecule has 2 aromatic rings. The number of anilines is 1. The zero-order chi connectivity index (χ0) is 31.2. The molecular weight excluding hydrogens is 580 g/mol. The van der Waals surface area contributed by atoms with E-state index in [4.69, 9.17) is 9.05 Å². The molecular formula is C34H57NO6P2. The van der Waals surface area contributed by atoms with Crippen LogP contribution in [0.5, 0.6) is 5.75 Å². The molecule has 0 amide bonds. The third-order valence-corrected chi connectivity index (χ3v) is 9.92. The van der Waals surface area contributed by atoms with Crippen molar-refractivity contribution in [2.45, 2.75) is 129 Å². The Kier molecular flexibility index (Phi) is 19.2. The van der Waals surface area contributed by atoms with Gasteiger partial charge in [-0.1, -0.05) is 128 Å². The number of aryl methyl sites for hydroxylation is 2. The highest BCUT2D eigenvalue weighted by Gasteiger charge is 2.28. The molecule has 0 aromatic heterocycles. The Hall–Kier alpha value is -1.62. The molecule has 0 fully saturated rings. The molecule has 43 heavy (non-hydrogen) atoms. The minimum Gasteiger partial charge on any atom is -0.409 e. The number of nitrogens with one attached hydrogen (secondary N) is 1. The van der Waals surface area contributed by atoms with Crippen molar-refractivity contribution in [1.29, 1.82) is 0 Å². The van der Waals surface area contributed by atoms with Crippen LogP contribution in [0, 0.1) is 0 Å². The molecule has 0 radical (unpaired) electrons. The average molecular weight is 638 g/mol. The summed E-state index contributed by atoms with van der Waals surface area (Å²) in [6, 6.07) is 15.2. The molecule has 1 atom stereocenters. The van der Waals surface area contributed by atoms with Gasteiger partial charge in [-0.2, -0.15) is 0 Å². The normalized spacial score (nSPS) is 13.1. The van der Waals surface area contributed by atoms with Gasteiger partial charge in [-0.3, -0.25) is 14.2 Å². The van der Waals surface area contributed by atoms with Crippen molar-refractivity contribution in [1.82, 2.24) is 0 Å². The molecule has 0 aliphatic rings. The van der Waals surface area contributed by atoms with Crippen LogP contribution in [-0.4, -0.2) is 22.6 Å². The number of unbranched alkanes of at least 4 members (excludes halogenated alkanes) is 14. The fourth-order valence-electron chi connectivity index (χ4n) is 5.05. The van der Waals surface area contributed by atoms with E-state index in [1.807, 2.05) is 36.4 Å². The van der Waals surface area contributed by atoms with Crippen LogP contribution < -0.4 is 9.61 Å². The van der Waals surface area contributed by atoms with Crippen molar-refractivity contribution in [3.05, 3.63) is 59.7 Å². The lowest BCUT2D eigenvalue weighted by Crippen LogP contribution is -2.10. The first-order chi connectivity index (χ1) is 20.7. The Morgan fingerprint density at radius 3 is 1.47 bits per heavy atom. The van der Waals surface area contributed by atoms with E-state index in [1.54, 1.807) is 12.1 Å². The van der Waals surface area contributed by atoms with Gasteiger partial charge in [0.15, 0.2) is 0 Å². The van der Waals surface area contributed by atoms with Crippen LogP contribution in [0.1, 0.15) is 128 Å². The number of rotatable bonds is 26. The Labute approximate surface area is 261 Å². The second-order valence-corrected chi connectivity index (χ2v) is 15.1. The minimum atomic E-state index is -4.31. The predicted octanol–water partition coefficient (Wildman–Crippen LogP) is 10.8. The Bertz CT molecular complexity index is 1070. The van der Waals surface area contributed by atoms with Gasteiger partial charge in [-0.25, -0.2) is 4.57 Å². The Morgan fingerprint density at radius 2 is 1.02 bits per heavy atom. The zero-order valence-corrected chi connectivity index (χ0v) is 28.5. The van der Waals surface area contributed by atoms with Crippen molar-refractivity contribution >= 4 is 21.0 Å². The van der Waals surface area contributed by atoms with Gasteiger partial charge in [-0.15, -0.1) is 0 Å². The monoisotopic (exact) mass is 637 g/mol. The summed E-state index contributed by atoms with van der Waals surface area (Å²) in [7, 11) is -8.26. The smallest absolute Gasteiger partial charge is 0.409 e. The van der Waals surface area contributed by atoms with Crippen molar-refractivity contribution in [2.75, 3.05) is 17.9 Å². The molecule has 0 aliphatic heterocycles. The first-order valence-corrected chi connectivity index (χ1v) is 20.0. The third kappa shape index (κ3) is 18.7. The van der Waals surface area contributed by atoms with E-state index in [2.05, 4.69) is 18.9 Å². The minimum absolute atomic E-state index is 0.374. The van der Waals surface area contributed by atoms with Gasteiger partial charge in [0.1, 0.15) is 5.75 Å². The van der Waals surface area contributed by atoms with Gasteiger partial charge in [0, 0.05) is 5.69 Å². The van der Waals surface area contributed by atoms with Crippen LogP contribution in [0.25, 0.3) is 0 Å². The van der Waals surface area contributed by atoms with E-state index in [0.29, 0.717) is 11.4 Å². The first kappa shape index (κ1) is 37.6. The van der Waals surface area contributed by atoms with Gasteiger partial charge >= 0.3 is 15.3 Å². The second-order valence-electron chi connectivity index (χ2n) is 11.7. The van der Waals surface area contributed by atoms with E-state index < -0.39 is 28.1 Å². The highest BCUT2D eigenvalue weighted by molar-refractivity contribution is 7.56. The van der Waals surface area contributed by atoms with E-state index in [-0.39, 0.29) is 0 Å². The highest BCUT2D eigenvalue weighted by Crippen LogP contribution is 2.49. The summed E-state index contributed by atoms with van der Waals surface area (Å²) in [6.45, 7) is 4.07. The summed E-state index contributed by atoms with van der Waals surface area (Å²) in [5.41, 5.74) is 2.96. The number of benzene rings is 2. The molecule has 0 saturated heterocycles. The molecule has 244 valence electrons. The van der Waals surface area contributed by atoms with E-state index >= 15 is 0 Å². The van der Waals surface area contributed by atoms with Crippen LogP contribution >= 0.6 is 15.3 Å². The lowest BCUT2D eigenvalue weighted by atomic mass is 10.0. The number of hydrogen-bond donors (Lipinski definition) is 3. The summed E-state index contributed by atoms with van der Waals surface area (Å²) in [5, 5.41) is 2.85. The van der Waals surface area contributed by atoms with Crippen LogP contribution in [0.4, 0.5) is 5.69 Å². The molecule has 3 N–H and O–H groups in total. The maximum atomic E-state index is 13.7. The summed E-state index contributed by atoms with van der Waals surface area (Å²) >= 11 is 0. The molecule has 0 bridgehead atoms. The molecule has 0 saturated carbocycles. The van der Waals surface area contributed by atoms with E-state index in [0.717, 1.165) is 25.7 Å². The molecule has 0 aliphatic carbocycles. The first-order valence-electron chi connectivity index (χ1n) is 16.7. The summed E-state index contributed by atoms with van der Waals surface area (Å²) < 4.78 is 36.3. The van der Waals surface area contributed by atoms with Gasteiger partial charge in [0.25, 0.3) is 0 Å². The zero-order valence-electron chi connectivity index (χ0n) is 26.7. The van der Waals surface area contributed by atoms with Crippen LogP contribution in [0.15, 0.2) is 48.5 Å². The summed E-state index contributed by atoms with van der Waals surface area (Å²) in [4.78, 5) is 18.5. The van der Waals surface area contributed by atoms with Crippen LogP contribution in [0.3, 0.4) is 0 Å². The molecule has 7 nitrogen and oxygen atoms in total. The van der Waals surface area contributed by atoms with Gasteiger partial charge < -0.3 is 14.3 Å². The molecule has 0 spiro atoms. The van der Waals surface area contributed by atoms with Gasteiger partial charge in [0.05, 0.1) is 12.8 Å². The van der Waals surface area contributed by atoms with Crippen LogP contribution in [0.2, 0.25) is 0 Å². The average Bonchev–Trinajstić information content (AvgIpc) is 2.97. The molecule has 0 heterocycles. The van der Waals surface area contributed by atoms with Crippen molar-refractivity contribution in [2.24, 2.45) is 0 Å². The van der Waals surface area contributed by atoms with Gasteiger partial charge in [-0.05, 0) is 61.1 Å². The fourth-order valence-corrected chi connectivity index (χ4v) is 6.88. The Balaban J connectivity index is 1.85. The largest absolute Gasteiger partial charge is 0.486 e. The van der Waals surface area contributed by atoms with E-state index in [1.165, 1.54) is 101 Å². The number of hydrogen-bond acceptors (Lipinski definition) is 4. The summed E-state index contributed by atoms with van der Waals surface area (Å²) in [5.74, 6) is 0.374. The Morgan fingerprint density at radius 1 is 0.605 bits per heavy atom. The highest BCUT2D eigenvalue weighted by atomic mass is 31.2. The maximum Gasteiger partial charge on any atom is 0.486 e. The van der Waals surface area contributed by atoms with Gasteiger partial charge in [0.2, 0.25) is 0 Å². The topological polar surface area (TPSA) is 105 Å². The standard InChI is InChI=1S/C34H57NO6P2/c1-3-5-7-9-11-12-13-14-16-18-20-32-23-27-34(28-24-32)41-43(39,40-29-30-42(36,37)38)35-33-25-21-31(22-26-33)19-17-15-10-8-6-4-2/h21-28H,3-20,29-30H2,1-2H3,(H,35,39)(H2,36,37,38). The fraction of sp³-hybridized carbons (Fsp3) is 0.647. The van der Waals surface area contributed by atoms with E-state index in [9.17, 15) is 18.9 Å². The third-order valence-electron chi connectivity index (χ3n) is 7.65. The predicted molar refractivity (Wildman–Crippen MR) is 180 cm³/mol. The quantitative estimate of drug-likeness (QED) is 0.0696. The molecule has 1 unspecified atom stereocenters. The summed E-state index contributed by atoms with van der Waals surface area (Å²) in [6.07, 6.45) is 21.9. The lowest BCUT2D eigenvalue weighted by molar-refractivity contribution is 0.276. The molecule has 2 rings (SSSR count). The lowest BCUT2D eigenvalue weighted by Gasteiger charge is -2.21. The van der Waals surface area contributed by atoms with Crippen molar-refractivity contribution < 1.29 is 28.0 Å². The second kappa shape index (κ2) is 22.0. The van der Waals surface area contributed by atoms with Crippen molar-refractivity contribution in [3.63, 3.8) is 0 Å².